The molecule has 1 aliphatic rings. The van der Waals surface area contributed by atoms with E-state index in [4.69, 9.17) is 4.74 Å². The Morgan fingerprint density at radius 2 is 1.79 bits per heavy atom. The second kappa shape index (κ2) is 12.3. The maximum absolute atomic E-state index is 14.9. The fourth-order valence-corrected chi connectivity index (χ4v) is 6.67. The zero-order valence-corrected chi connectivity index (χ0v) is 24.9. The molecule has 7 heteroatoms. The zero-order chi connectivity index (χ0) is 28.3. The largest absolute Gasteiger partial charge is 0.489 e. The highest BCUT2D eigenvalue weighted by atomic mass is 31.2. The number of ether oxygens (including phenoxy) is 1. The van der Waals surface area contributed by atoms with Crippen LogP contribution in [0.15, 0.2) is 54.7 Å². The van der Waals surface area contributed by atoms with Crippen molar-refractivity contribution in [3.05, 3.63) is 82.9 Å². The molecule has 2 aromatic carbocycles. The molecule has 0 radical (unpaired) electrons. The first-order chi connectivity index (χ1) is 18.4. The molecule has 1 aliphatic carbocycles. The lowest BCUT2D eigenvalue weighted by Crippen LogP contribution is -2.36. The Labute approximate surface area is 232 Å². The molecule has 4 rings (SSSR count). The summed E-state index contributed by atoms with van der Waals surface area (Å²) in [5, 5.41) is 0. The predicted octanol–water partition coefficient (Wildman–Crippen LogP) is 7.79. The van der Waals surface area contributed by atoms with Gasteiger partial charge >= 0.3 is 0 Å². The molecule has 39 heavy (non-hydrogen) atoms. The number of nitrogens with zero attached hydrogens (tertiary/aromatic N) is 2. The second-order valence-corrected chi connectivity index (χ2v) is 14.2. The Morgan fingerprint density at radius 1 is 1.08 bits per heavy atom. The van der Waals surface area contributed by atoms with Gasteiger partial charge in [0.15, 0.2) is 7.37 Å². The van der Waals surface area contributed by atoms with Crippen LogP contribution in [0.2, 0.25) is 0 Å². The van der Waals surface area contributed by atoms with Crippen LogP contribution in [0, 0.1) is 18.7 Å². The Hall–Kier alpha value is -2.53. The highest BCUT2D eigenvalue weighted by Crippen LogP contribution is 2.50. The number of benzene rings is 2. The van der Waals surface area contributed by atoms with E-state index in [1.165, 1.54) is 12.9 Å². The Bertz CT molecular complexity index is 1320. The minimum absolute atomic E-state index is 0.105. The van der Waals surface area contributed by atoms with E-state index < -0.39 is 7.37 Å². The van der Waals surface area contributed by atoms with Crippen LogP contribution in [0.5, 0.6) is 5.75 Å². The first-order valence-electron chi connectivity index (χ1n) is 13.9. The van der Waals surface area contributed by atoms with Gasteiger partial charge in [0.05, 0.1) is 6.20 Å². The Morgan fingerprint density at radius 3 is 2.44 bits per heavy atom. The van der Waals surface area contributed by atoms with Crippen LogP contribution in [0.3, 0.4) is 0 Å². The topological polar surface area (TPSA) is 62.7 Å². The zero-order valence-electron chi connectivity index (χ0n) is 24.0. The van der Waals surface area contributed by atoms with Crippen LogP contribution in [0.4, 0.5) is 4.39 Å². The average molecular weight is 553 g/mol. The van der Waals surface area contributed by atoms with Gasteiger partial charge in [-0.15, -0.1) is 0 Å². The first-order valence-corrected chi connectivity index (χ1v) is 16.2. The van der Waals surface area contributed by atoms with Crippen molar-refractivity contribution in [1.82, 2.24) is 9.88 Å². The van der Waals surface area contributed by atoms with Gasteiger partial charge in [0.1, 0.15) is 18.2 Å². The number of hydrogen-bond acceptors (Lipinski definition) is 4. The molecule has 0 bridgehead atoms. The standard InChI is InChI=1S/C32H42FN2O3P/c1-21(2)35(22(3)4)18-27-16-28(12-13-29(27)30-14-23(5)34-17-32(30)33)38-19-24-8-7-9-26(15-24)31(25-10-11-25)20-39(6,36)37/h7-9,12-17,21-22,25,31H,10-11,18-20H2,1-6H3,(H,36,37). The van der Waals surface area contributed by atoms with Crippen molar-refractivity contribution in [2.24, 2.45) is 5.92 Å². The normalized spacial score (nSPS) is 16.1. The molecule has 1 saturated carbocycles. The van der Waals surface area contributed by atoms with Gasteiger partial charge in [-0.05, 0) is 99.7 Å². The molecule has 1 heterocycles. The summed E-state index contributed by atoms with van der Waals surface area (Å²) in [5.74, 6) is 0.981. The van der Waals surface area contributed by atoms with Crippen LogP contribution in [0.25, 0.3) is 11.1 Å². The summed E-state index contributed by atoms with van der Waals surface area (Å²) < 4.78 is 33.3. The predicted molar refractivity (Wildman–Crippen MR) is 157 cm³/mol. The molecule has 2 atom stereocenters. The maximum Gasteiger partial charge on any atom is 0.198 e. The lowest BCUT2D eigenvalue weighted by Gasteiger charge is -2.31. The van der Waals surface area contributed by atoms with E-state index in [2.05, 4.69) is 49.7 Å². The Balaban J connectivity index is 1.60. The van der Waals surface area contributed by atoms with Crippen LogP contribution >= 0.6 is 7.37 Å². The summed E-state index contributed by atoms with van der Waals surface area (Å²) in [4.78, 5) is 16.5. The van der Waals surface area contributed by atoms with E-state index >= 15 is 0 Å². The fraction of sp³-hybridized carbons (Fsp3) is 0.469. The van der Waals surface area contributed by atoms with Crippen molar-refractivity contribution in [3.63, 3.8) is 0 Å². The van der Waals surface area contributed by atoms with Crippen LogP contribution in [0.1, 0.15) is 68.8 Å². The molecule has 0 spiro atoms. The number of aromatic nitrogens is 1. The molecular weight excluding hydrogens is 510 g/mol. The van der Waals surface area contributed by atoms with Crippen molar-refractivity contribution >= 4 is 7.37 Å². The number of aryl methyl sites for hydroxylation is 1. The molecular formula is C32H42FN2O3P. The van der Waals surface area contributed by atoms with Crippen molar-refractivity contribution in [3.8, 4) is 16.9 Å². The molecule has 2 unspecified atom stereocenters. The molecule has 210 valence electrons. The highest BCUT2D eigenvalue weighted by Gasteiger charge is 2.35. The SMILES string of the molecule is Cc1cc(-c2ccc(OCc3cccc(C(CP(C)(=O)O)C4CC4)c3)cc2CN(C(C)C)C(C)C)c(F)cn1. The molecule has 1 aromatic heterocycles. The lowest BCUT2D eigenvalue weighted by molar-refractivity contribution is 0.166. The Kier molecular flexibility index (Phi) is 9.31. The summed E-state index contributed by atoms with van der Waals surface area (Å²) in [6.45, 7) is 13.1. The minimum atomic E-state index is -3.11. The maximum atomic E-state index is 14.9. The van der Waals surface area contributed by atoms with Crippen molar-refractivity contribution < 1.29 is 18.6 Å². The molecule has 1 fully saturated rings. The third-order valence-electron chi connectivity index (χ3n) is 7.55. The monoisotopic (exact) mass is 552 g/mol. The summed E-state index contributed by atoms with van der Waals surface area (Å²) >= 11 is 0. The summed E-state index contributed by atoms with van der Waals surface area (Å²) in [6.07, 6.45) is 3.83. The minimum Gasteiger partial charge on any atom is -0.489 e. The molecule has 3 aromatic rings. The van der Waals surface area contributed by atoms with Gasteiger partial charge in [0, 0.05) is 42.7 Å². The first kappa shape index (κ1) is 29.5. The highest BCUT2D eigenvalue weighted by molar-refractivity contribution is 7.57. The van der Waals surface area contributed by atoms with Gasteiger partial charge in [-0.1, -0.05) is 30.3 Å². The van der Waals surface area contributed by atoms with E-state index in [0.717, 1.165) is 46.5 Å². The van der Waals surface area contributed by atoms with E-state index in [1.807, 2.05) is 37.3 Å². The molecule has 0 amide bonds. The summed E-state index contributed by atoms with van der Waals surface area (Å²) in [7, 11) is -3.11. The number of hydrogen-bond donors (Lipinski definition) is 1. The average Bonchev–Trinajstić information content (AvgIpc) is 3.71. The van der Waals surface area contributed by atoms with Gasteiger partial charge < -0.3 is 9.63 Å². The van der Waals surface area contributed by atoms with Gasteiger partial charge in [0.25, 0.3) is 0 Å². The van der Waals surface area contributed by atoms with Crippen LogP contribution in [-0.4, -0.2) is 39.7 Å². The third kappa shape index (κ3) is 8.00. The molecule has 0 aliphatic heterocycles. The van der Waals surface area contributed by atoms with E-state index in [1.54, 1.807) is 6.07 Å². The van der Waals surface area contributed by atoms with Crippen molar-refractivity contribution in [2.75, 3.05) is 12.8 Å². The van der Waals surface area contributed by atoms with Gasteiger partial charge in [-0.25, -0.2) is 4.39 Å². The number of pyridine rings is 1. The fourth-order valence-electron chi connectivity index (χ4n) is 5.43. The third-order valence-corrected chi connectivity index (χ3v) is 8.62. The van der Waals surface area contributed by atoms with Gasteiger partial charge in [0.2, 0.25) is 0 Å². The quantitative estimate of drug-likeness (QED) is 0.232. The van der Waals surface area contributed by atoms with E-state index in [-0.39, 0.29) is 11.7 Å². The second-order valence-electron chi connectivity index (χ2n) is 11.7. The number of halogens is 1. The number of rotatable bonds is 12. The van der Waals surface area contributed by atoms with Crippen LogP contribution < -0.4 is 4.74 Å². The lowest BCUT2D eigenvalue weighted by atomic mass is 9.94. The smallest absolute Gasteiger partial charge is 0.198 e. The van der Waals surface area contributed by atoms with Gasteiger partial charge in [-0.2, -0.15) is 0 Å². The molecule has 1 N–H and O–H groups in total. The van der Waals surface area contributed by atoms with Crippen molar-refractivity contribution in [1.29, 1.82) is 0 Å². The van der Waals surface area contributed by atoms with Crippen LogP contribution in [-0.2, 0) is 17.7 Å². The summed E-state index contributed by atoms with van der Waals surface area (Å²) in [6, 6.07) is 16.5. The summed E-state index contributed by atoms with van der Waals surface area (Å²) in [5.41, 5.74) is 5.30. The van der Waals surface area contributed by atoms with Gasteiger partial charge in [-0.3, -0.25) is 14.4 Å². The van der Waals surface area contributed by atoms with E-state index in [9.17, 15) is 13.8 Å². The molecule has 5 nitrogen and oxygen atoms in total. The molecule has 0 saturated heterocycles. The van der Waals surface area contributed by atoms with Crippen molar-refractivity contribution in [2.45, 2.75) is 78.6 Å². The van der Waals surface area contributed by atoms with E-state index in [0.29, 0.717) is 42.9 Å².